The lowest BCUT2D eigenvalue weighted by atomic mass is 9.95. The second kappa shape index (κ2) is 11.1. The van der Waals surface area contributed by atoms with Crippen molar-refractivity contribution < 1.29 is 36.0 Å². The highest BCUT2D eigenvalue weighted by Gasteiger charge is 2.43. The van der Waals surface area contributed by atoms with E-state index in [1.807, 2.05) is 0 Å². The number of aryl methyl sites for hydroxylation is 1. The third-order valence-electron chi connectivity index (χ3n) is 7.49. The Labute approximate surface area is 242 Å². The van der Waals surface area contributed by atoms with Crippen molar-refractivity contribution in [3.63, 3.8) is 0 Å². The Bertz CT molecular complexity index is 1770. The van der Waals surface area contributed by atoms with E-state index in [1.54, 1.807) is 6.92 Å². The molecule has 0 aliphatic heterocycles. The fourth-order valence-electron chi connectivity index (χ4n) is 4.97. The number of hydrogen-bond acceptors (Lipinski definition) is 5. The third-order valence-corrected chi connectivity index (χ3v) is 7.49. The predicted octanol–water partition coefficient (Wildman–Crippen LogP) is 6.72. The van der Waals surface area contributed by atoms with Crippen LogP contribution in [0.1, 0.15) is 52.6 Å². The average molecular weight is 597 g/mol. The first-order valence-electron chi connectivity index (χ1n) is 13.4. The molecule has 0 spiro atoms. The number of amides is 2. The fourth-order valence-corrected chi connectivity index (χ4v) is 4.97. The molecule has 2 N–H and O–H groups in total. The number of nitrogens with one attached hydrogen (secondary N) is 2. The number of nitrogens with zero attached hydrogens (tertiary/aromatic N) is 2. The maximum Gasteiger partial charge on any atom is 0.389 e. The zero-order chi connectivity index (χ0) is 31.1. The van der Waals surface area contributed by atoms with E-state index in [-0.39, 0.29) is 45.2 Å². The lowest BCUT2D eigenvalue weighted by molar-refractivity contribution is -0.134. The SMILES string of the molecule is CNC(=O)c1c(-c2ccc(F)cc2)oc2nc(CCC(F)(F)F)c(-c3ccc(F)c(C(=O)NC(C)(C#N)C4CC4)c3)cc12. The first-order valence-corrected chi connectivity index (χ1v) is 13.4. The largest absolute Gasteiger partial charge is 0.437 e. The summed E-state index contributed by atoms with van der Waals surface area (Å²) in [6.07, 6.45) is -4.87. The van der Waals surface area contributed by atoms with Crippen molar-refractivity contribution in [3.8, 4) is 28.5 Å². The van der Waals surface area contributed by atoms with Gasteiger partial charge in [0.15, 0.2) is 0 Å². The molecule has 222 valence electrons. The molecule has 0 saturated heterocycles. The van der Waals surface area contributed by atoms with E-state index in [0.29, 0.717) is 5.56 Å². The monoisotopic (exact) mass is 596 g/mol. The van der Waals surface area contributed by atoms with Crippen LogP contribution in [0.4, 0.5) is 22.0 Å². The van der Waals surface area contributed by atoms with E-state index in [9.17, 15) is 36.8 Å². The number of fused-ring (bicyclic) bond motifs is 1. The van der Waals surface area contributed by atoms with Gasteiger partial charge in [-0.25, -0.2) is 13.8 Å². The standard InChI is InChI=1S/C31H25F5N4O3/c1-30(15-37,18-6-7-18)40-27(41)21-13-17(5-10-23(21)33)20-14-22-25(28(42)38-2)26(16-3-8-19(32)9-4-16)43-29(22)39-24(20)11-12-31(34,35)36/h3-5,8-10,13-14,18H,6-7,11-12H2,1-2H3,(H,38,42)(H,40,41). The minimum absolute atomic E-state index is 0.00882. The summed E-state index contributed by atoms with van der Waals surface area (Å²) in [5.74, 6) is -2.92. The molecule has 7 nitrogen and oxygen atoms in total. The number of alkyl halides is 3. The van der Waals surface area contributed by atoms with Crippen LogP contribution in [0, 0.1) is 28.9 Å². The maximum atomic E-state index is 14.9. The Morgan fingerprint density at radius 3 is 2.33 bits per heavy atom. The molecule has 2 aromatic carbocycles. The highest BCUT2D eigenvalue weighted by Crippen LogP contribution is 2.40. The molecular formula is C31H25F5N4O3. The molecule has 1 unspecified atom stereocenters. The molecule has 1 fully saturated rings. The normalized spacial score (nSPS) is 14.7. The van der Waals surface area contributed by atoms with Gasteiger partial charge in [0.2, 0.25) is 5.71 Å². The van der Waals surface area contributed by atoms with Crippen LogP contribution in [0.3, 0.4) is 0 Å². The lowest BCUT2D eigenvalue weighted by Gasteiger charge is -2.23. The maximum absolute atomic E-state index is 14.9. The van der Waals surface area contributed by atoms with Gasteiger partial charge in [0.1, 0.15) is 22.9 Å². The van der Waals surface area contributed by atoms with Gasteiger partial charge in [-0.1, -0.05) is 6.07 Å². The van der Waals surface area contributed by atoms with Crippen LogP contribution in [0.15, 0.2) is 52.9 Å². The van der Waals surface area contributed by atoms with Crippen molar-refractivity contribution >= 4 is 22.9 Å². The summed E-state index contributed by atoms with van der Waals surface area (Å²) in [4.78, 5) is 30.5. The minimum Gasteiger partial charge on any atom is -0.437 e. The number of pyridine rings is 1. The van der Waals surface area contributed by atoms with Crippen LogP contribution >= 0.6 is 0 Å². The van der Waals surface area contributed by atoms with Crippen LogP contribution in [0.2, 0.25) is 0 Å². The van der Waals surface area contributed by atoms with Gasteiger partial charge in [0.25, 0.3) is 11.8 Å². The van der Waals surface area contributed by atoms with Crippen molar-refractivity contribution in [2.24, 2.45) is 5.92 Å². The van der Waals surface area contributed by atoms with Gasteiger partial charge in [-0.3, -0.25) is 9.59 Å². The Kier molecular flexibility index (Phi) is 7.69. The van der Waals surface area contributed by atoms with Crippen molar-refractivity contribution in [3.05, 3.63) is 77.0 Å². The molecule has 2 amide bonds. The van der Waals surface area contributed by atoms with Gasteiger partial charge in [-0.15, -0.1) is 0 Å². The van der Waals surface area contributed by atoms with Crippen LogP contribution in [0.25, 0.3) is 33.6 Å². The number of halogens is 5. The van der Waals surface area contributed by atoms with Crippen molar-refractivity contribution in [2.45, 2.75) is 44.3 Å². The highest BCUT2D eigenvalue weighted by molar-refractivity contribution is 6.11. The first kappa shape index (κ1) is 29.7. The summed E-state index contributed by atoms with van der Waals surface area (Å²) in [7, 11) is 1.38. The van der Waals surface area contributed by atoms with E-state index in [4.69, 9.17) is 4.42 Å². The second-order valence-electron chi connectivity index (χ2n) is 10.6. The first-order chi connectivity index (χ1) is 20.3. The summed E-state index contributed by atoms with van der Waals surface area (Å²) in [5.41, 5.74) is -1.20. The van der Waals surface area contributed by atoms with E-state index >= 15 is 0 Å². The topological polar surface area (TPSA) is 108 Å². The van der Waals surface area contributed by atoms with Gasteiger partial charge >= 0.3 is 6.18 Å². The van der Waals surface area contributed by atoms with Crippen molar-refractivity contribution in [2.75, 3.05) is 7.05 Å². The summed E-state index contributed by atoms with van der Waals surface area (Å²) >= 11 is 0. The quantitative estimate of drug-likeness (QED) is 0.220. The molecule has 1 saturated carbocycles. The fraction of sp³-hybridized carbons (Fsp3) is 0.290. The van der Waals surface area contributed by atoms with Crippen LogP contribution in [-0.4, -0.2) is 35.6 Å². The summed E-state index contributed by atoms with van der Waals surface area (Å²) in [6, 6.07) is 12.0. The molecule has 2 heterocycles. The van der Waals surface area contributed by atoms with E-state index in [2.05, 4.69) is 21.7 Å². The van der Waals surface area contributed by atoms with Gasteiger partial charge < -0.3 is 15.1 Å². The van der Waals surface area contributed by atoms with E-state index in [1.165, 1.54) is 37.4 Å². The number of rotatable bonds is 8. The smallest absolute Gasteiger partial charge is 0.389 e. The van der Waals surface area contributed by atoms with Gasteiger partial charge in [0.05, 0.1) is 28.3 Å². The molecular weight excluding hydrogens is 571 g/mol. The Hall–Kier alpha value is -4.79. The minimum atomic E-state index is -4.53. The van der Waals surface area contributed by atoms with Crippen LogP contribution < -0.4 is 10.6 Å². The summed E-state index contributed by atoms with van der Waals surface area (Å²) in [5, 5.41) is 14.9. The molecule has 2 aromatic heterocycles. The highest BCUT2D eigenvalue weighted by atomic mass is 19.4. The van der Waals surface area contributed by atoms with Crippen molar-refractivity contribution in [1.82, 2.24) is 15.6 Å². The second-order valence-corrected chi connectivity index (χ2v) is 10.6. The molecule has 43 heavy (non-hydrogen) atoms. The van der Waals surface area contributed by atoms with Crippen molar-refractivity contribution in [1.29, 1.82) is 5.26 Å². The zero-order valence-corrected chi connectivity index (χ0v) is 23.0. The van der Waals surface area contributed by atoms with E-state index in [0.717, 1.165) is 31.0 Å². The predicted molar refractivity (Wildman–Crippen MR) is 147 cm³/mol. The number of hydrogen-bond donors (Lipinski definition) is 2. The number of carbonyl (C=O) groups excluding carboxylic acids is 2. The van der Waals surface area contributed by atoms with Crippen LogP contribution in [-0.2, 0) is 6.42 Å². The van der Waals surface area contributed by atoms with Gasteiger partial charge in [-0.2, -0.15) is 18.4 Å². The van der Waals surface area contributed by atoms with Gasteiger partial charge in [-0.05, 0) is 80.1 Å². The summed E-state index contributed by atoms with van der Waals surface area (Å²) < 4.78 is 74.2. The molecule has 5 rings (SSSR count). The van der Waals surface area contributed by atoms with Crippen LogP contribution in [0.5, 0.6) is 0 Å². The number of nitriles is 1. The Morgan fingerprint density at radius 2 is 1.72 bits per heavy atom. The third kappa shape index (κ3) is 6.07. The van der Waals surface area contributed by atoms with E-state index < -0.39 is 53.6 Å². The number of furan rings is 1. The van der Waals surface area contributed by atoms with Gasteiger partial charge in [0, 0.05) is 24.6 Å². The summed E-state index contributed by atoms with van der Waals surface area (Å²) in [6.45, 7) is 1.55. The zero-order valence-electron chi connectivity index (χ0n) is 23.0. The molecule has 1 aliphatic carbocycles. The number of aromatic nitrogens is 1. The molecule has 0 bridgehead atoms. The Morgan fingerprint density at radius 1 is 1.05 bits per heavy atom. The Balaban J connectivity index is 1.67. The molecule has 4 aromatic rings. The molecule has 0 radical (unpaired) electrons. The molecule has 1 aliphatic rings. The average Bonchev–Trinajstić information content (AvgIpc) is 3.77. The molecule has 12 heteroatoms. The molecule has 1 atom stereocenters. The lowest BCUT2D eigenvalue weighted by Crippen LogP contribution is -2.46. The number of carbonyl (C=O) groups is 2. The number of benzene rings is 2.